The lowest BCUT2D eigenvalue weighted by atomic mass is 9.80. The van der Waals surface area contributed by atoms with Crippen LogP contribution in [0.4, 0.5) is 0 Å². The summed E-state index contributed by atoms with van der Waals surface area (Å²) in [6, 6.07) is 3.63. The number of nitrogens with zero attached hydrogens (tertiary/aromatic N) is 1. The second-order valence-electron chi connectivity index (χ2n) is 6.09. The van der Waals surface area contributed by atoms with Gasteiger partial charge in [-0.25, -0.2) is 0 Å². The van der Waals surface area contributed by atoms with Gasteiger partial charge >= 0.3 is 5.97 Å². The van der Waals surface area contributed by atoms with Crippen molar-refractivity contribution in [1.29, 1.82) is 0 Å². The zero-order valence-corrected chi connectivity index (χ0v) is 12.2. The molecule has 1 aliphatic heterocycles. The Morgan fingerprint density at radius 2 is 2.15 bits per heavy atom. The first kappa shape index (κ1) is 14.0. The third kappa shape index (κ3) is 2.59. The van der Waals surface area contributed by atoms with Crippen molar-refractivity contribution >= 4 is 17.6 Å². The molecule has 2 aliphatic rings. The van der Waals surface area contributed by atoms with Crippen LogP contribution in [0.5, 0.6) is 0 Å². The Morgan fingerprint density at radius 3 is 2.75 bits per heavy atom. The third-order valence-corrected chi connectivity index (χ3v) is 5.13. The fraction of sp³-hybridized carbons (Fsp3) is 0.667. The predicted octanol–water partition coefficient (Wildman–Crippen LogP) is 3.54. The Morgan fingerprint density at radius 1 is 1.40 bits per heavy atom. The first-order valence-electron chi connectivity index (χ1n) is 7.31. The Balaban J connectivity index is 1.79. The minimum atomic E-state index is -0.680. The summed E-state index contributed by atoms with van der Waals surface area (Å²) in [5.41, 5.74) is 0.186. The lowest BCUT2D eigenvalue weighted by Crippen LogP contribution is -2.53. The molecule has 2 fully saturated rings. The fourth-order valence-electron chi connectivity index (χ4n) is 3.81. The van der Waals surface area contributed by atoms with Crippen molar-refractivity contribution in [2.75, 3.05) is 6.54 Å². The van der Waals surface area contributed by atoms with Crippen molar-refractivity contribution in [1.82, 2.24) is 4.90 Å². The Kier molecular flexibility index (Phi) is 3.78. The van der Waals surface area contributed by atoms with Crippen molar-refractivity contribution in [2.24, 2.45) is 5.92 Å². The van der Waals surface area contributed by atoms with Gasteiger partial charge in [-0.05, 0) is 49.4 Å². The summed E-state index contributed by atoms with van der Waals surface area (Å²) in [5, 5.41) is 9.68. The molecular formula is C15H20ClNO3. The van der Waals surface area contributed by atoms with E-state index in [9.17, 15) is 9.90 Å². The molecular weight excluding hydrogens is 278 g/mol. The summed E-state index contributed by atoms with van der Waals surface area (Å²) >= 11 is 5.83. The molecule has 2 heterocycles. The smallest absolute Gasteiger partial charge is 0.307 e. The molecule has 110 valence electrons. The molecule has 20 heavy (non-hydrogen) atoms. The van der Waals surface area contributed by atoms with Gasteiger partial charge in [-0.2, -0.15) is 0 Å². The van der Waals surface area contributed by atoms with Crippen LogP contribution in [-0.4, -0.2) is 28.1 Å². The van der Waals surface area contributed by atoms with Crippen LogP contribution >= 0.6 is 11.6 Å². The molecule has 1 spiro atoms. The van der Waals surface area contributed by atoms with Gasteiger partial charge in [-0.1, -0.05) is 12.8 Å². The zero-order valence-electron chi connectivity index (χ0n) is 11.5. The molecule has 0 aromatic carbocycles. The minimum absolute atomic E-state index is 0.186. The topological polar surface area (TPSA) is 53.7 Å². The van der Waals surface area contributed by atoms with E-state index in [1.165, 1.54) is 25.7 Å². The first-order valence-corrected chi connectivity index (χ1v) is 7.69. The first-order chi connectivity index (χ1) is 9.59. The summed E-state index contributed by atoms with van der Waals surface area (Å²) in [6.07, 6.45) is 6.62. The van der Waals surface area contributed by atoms with Crippen LogP contribution in [0, 0.1) is 5.92 Å². The number of furan rings is 1. The van der Waals surface area contributed by atoms with Crippen molar-refractivity contribution < 1.29 is 14.3 Å². The summed E-state index contributed by atoms with van der Waals surface area (Å²) in [4.78, 5) is 13.6. The average molecular weight is 298 g/mol. The summed E-state index contributed by atoms with van der Waals surface area (Å²) in [7, 11) is 0. The quantitative estimate of drug-likeness (QED) is 0.927. The van der Waals surface area contributed by atoms with Gasteiger partial charge in [0.15, 0.2) is 5.22 Å². The maximum absolute atomic E-state index is 11.3. The second kappa shape index (κ2) is 5.41. The predicted molar refractivity (Wildman–Crippen MR) is 75.7 cm³/mol. The average Bonchev–Trinajstić information content (AvgIpc) is 3.02. The lowest BCUT2D eigenvalue weighted by Gasteiger charge is -2.46. The highest BCUT2D eigenvalue weighted by Crippen LogP contribution is 2.44. The number of rotatable bonds is 3. The number of piperidine rings is 1. The molecule has 0 radical (unpaired) electrons. The van der Waals surface area contributed by atoms with Gasteiger partial charge in [-0.15, -0.1) is 0 Å². The zero-order chi connectivity index (χ0) is 14.2. The maximum Gasteiger partial charge on any atom is 0.307 e. The van der Waals surface area contributed by atoms with E-state index in [4.69, 9.17) is 16.0 Å². The summed E-state index contributed by atoms with van der Waals surface area (Å²) < 4.78 is 5.46. The number of halogens is 1. The molecule has 1 N–H and O–H groups in total. The van der Waals surface area contributed by atoms with E-state index in [1.807, 2.05) is 6.07 Å². The lowest BCUT2D eigenvalue weighted by molar-refractivity contribution is -0.146. The SMILES string of the molecule is O=C(O)C1CCC2(CCCC2)N(Cc2ccc(Cl)o2)C1. The number of hydrogen-bond acceptors (Lipinski definition) is 3. The van der Waals surface area contributed by atoms with Gasteiger partial charge in [0, 0.05) is 12.1 Å². The summed E-state index contributed by atoms with van der Waals surface area (Å²) in [6.45, 7) is 1.28. The Hall–Kier alpha value is -1.00. The number of carbonyl (C=O) groups is 1. The molecule has 1 atom stereocenters. The number of carboxylic acid groups (broad SMARTS) is 1. The van der Waals surface area contributed by atoms with Gasteiger partial charge in [0.1, 0.15) is 5.76 Å². The van der Waals surface area contributed by atoms with Gasteiger partial charge in [-0.3, -0.25) is 9.69 Å². The highest BCUT2D eigenvalue weighted by atomic mass is 35.5. The monoisotopic (exact) mass is 297 g/mol. The molecule has 4 nitrogen and oxygen atoms in total. The normalized spacial score (nSPS) is 26.1. The van der Waals surface area contributed by atoms with E-state index in [0.29, 0.717) is 18.3 Å². The number of aliphatic carboxylic acids is 1. The van der Waals surface area contributed by atoms with E-state index in [2.05, 4.69) is 4.90 Å². The Labute approximate surface area is 123 Å². The minimum Gasteiger partial charge on any atom is -0.481 e. The number of likely N-dealkylation sites (tertiary alicyclic amines) is 1. The van der Waals surface area contributed by atoms with Crippen LogP contribution in [0.1, 0.15) is 44.3 Å². The molecule has 0 amide bonds. The van der Waals surface area contributed by atoms with E-state index in [0.717, 1.165) is 18.6 Å². The fourth-order valence-corrected chi connectivity index (χ4v) is 3.97. The highest BCUT2D eigenvalue weighted by Gasteiger charge is 2.45. The van der Waals surface area contributed by atoms with E-state index in [-0.39, 0.29) is 11.5 Å². The molecule has 1 aromatic rings. The molecule has 1 saturated carbocycles. The van der Waals surface area contributed by atoms with Crippen LogP contribution in [0.3, 0.4) is 0 Å². The van der Waals surface area contributed by atoms with Crippen LogP contribution < -0.4 is 0 Å². The van der Waals surface area contributed by atoms with Crippen LogP contribution in [0.2, 0.25) is 5.22 Å². The van der Waals surface area contributed by atoms with Gasteiger partial charge in [0.05, 0.1) is 12.5 Å². The Bertz CT molecular complexity index is 493. The maximum atomic E-state index is 11.3. The molecule has 1 saturated heterocycles. The highest BCUT2D eigenvalue weighted by molar-refractivity contribution is 6.28. The molecule has 1 aliphatic carbocycles. The van der Waals surface area contributed by atoms with E-state index < -0.39 is 5.97 Å². The van der Waals surface area contributed by atoms with Crippen molar-refractivity contribution in [3.05, 3.63) is 23.1 Å². The standard InChI is InChI=1S/C15H20ClNO3/c16-13-4-3-12(20-13)10-17-9-11(14(18)19)5-8-15(17)6-1-2-7-15/h3-4,11H,1-2,5-10H2,(H,18,19). The van der Waals surface area contributed by atoms with Gasteiger partial charge in [0.2, 0.25) is 0 Å². The van der Waals surface area contributed by atoms with Crippen LogP contribution in [0.25, 0.3) is 0 Å². The van der Waals surface area contributed by atoms with Crippen molar-refractivity contribution in [3.8, 4) is 0 Å². The number of carboxylic acids is 1. The van der Waals surface area contributed by atoms with E-state index in [1.54, 1.807) is 6.07 Å². The van der Waals surface area contributed by atoms with Gasteiger partial charge < -0.3 is 9.52 Å². The number of hydrogen-bond donors (Lipinski definition) is 1. The molecule has 3 rings (SSSR count). The third-order valence-electron chi connectivity index (χ3n) is 4.93. The molecule has 5 heteroatoms. The van der Waals surface area contributed by atoms with Gasteiger partial charge in [0.25, 0.3) is 0 Å². The summed E-state index contributed by atoms with van der Waals surface area (Å²) in [5.74, 6) is -0.112. The van der Waals surface area contributed by atoms with Crippen molar-refractivity contribution in [3.63, 3.8) is 0 Å². The molecule has 0 bridgehead atoms. The van der Waals surface area contributed by atoms with E-state index >= 15 is 0 Å². The molecule has 1 unspecified atom stereocenters. The van der Waals surface area contributed by atoms with Crippen LogP contribution in [-0.2, 0) is 11.3 Å². The second-order valence-corrected chi connectivity index (χ2v) is 6.46. The molecule has 1 aromatic heterocycles. The van der Waals surface area contributed by atoms with Crippen molar-refractivity contribution in [2.45, 2.75) is 50.6 Å². The van der Waals surface area contributed by atoms with Crippen LogP contribution in [0.15, 0.2) is 16.5 Å². The largest absolute Gasteiger partial charge is 0.481 e.